The van der Waals surface area contributed by atoms with E-state index in [0.717, 1.165) is 17.4 Å². The van der Waals surface area contributed by atoms with Crippen molar-refractivity contribution in [2.45, 2.75) is 0 Å². The summed E-state index contributed by atoms with van der Waals surface area (Å²) in [5, 5.41) is 12.6. The average Bonchev–Trinajstić information content (AvgIpc) is 2.69. The minimum absolute atomic E-state index is 0.195. The van der Waals surface area contributed by atoms with E-state index in [1.165, 1.54) is 6.20 Å². The van der Waals surface area contributed by atoms with Crippen LogP contribution in [0.5, 0.6) is 0 Å². The molecule has 2 heterocycles. The van der Waals surface area contributed by atoms with Gasteiger partial charge in [0.25, 0.3) is 0 Å². The number of anilines is 1. The van der Waals surface area contributed by atoms with Gasteiger partial charge in [0.15, 0.2) is 5.13 Å². The lowest BCUT2D eigenvalue weighted by Gasteiger charge is -1.99. The molecular formula is C9H5ClFN3O2S. The number of halogens is 2. The molecule has 0 fully saturated rings. The minimum atomic E-state index is -1.21. The van der Waals surface area contributed by atoms with Gasteiger partial charge in [-0.1, -0.05) is 11.6 Å². The molecule has 88 valence electrons. The summed E-state index contributed by atoms with van der Waals surface area (Å²) in [7, 11) is 0. The Morgan fingerprint density at radius 3 is 3.06 bits per heavy atom. The van der Waals surface area contributed by atoms with Gasteiger partial charge in [-0.3, -0.25) is 5.32 Å². The number of aromatic nitrogens is 2. The smallest absolute Gasteiger partial charge is 0.410 e. The summed E-state index contributed by atoms with van der Waals surface area (Å²) in [5.41, 5.74) is 0.763. The van der Waals surface area contributed by atoms with Crippen LogP contribution in [-0.4, -0.2) is 21.2 Å². The van der Waals surface area contributed by atoms with Crippen molar-refractivity contribution in [1.82, 2.24) is 9.97 Å². The number of thiazole rings is 1. The Balaban J connectivity index is 2.36. The predicted molar refractivity (Wildman–Crippen MR) is 62.0 cm³/mol. The molecule has 2 N–H and O–H groups in total. The first kappa shape index (κ1) is 11.7. The Labute approximate surface area is 104 Å². The number of nitrogens with one attached hydrogen (secondary N) is 1. The summed E-state index contributed by atoms with van der Waals surface area (Å²) in [6.45, 7) is 0. The van der Waals surface area contributed by atoms with Crippen LogP contribution in [0.4, 0.5) is 14.3 Å². The Kier molecular flexibility index (Phi) is 3.21. The first-order valence-electron chi connectivity index (χ1n) is 4.33. The average molecular weight is 274 g/mol. The van der Waals surface area contributed by atoms with E-state index < -0.39 is 12.0 Å². The Morgan fingerprint density at radius 1 is 1.59 bits per heavy atom. The second-order valence-electron chi connectivity index (χ2n) is 2.95. The minimum Gasteiger partial charge on any atom is -0.465 e. The van der Waals surface area contributed by atoms with Gasteiger partial charge in [0.2, 0.25) is 5.95 Å². The van der Waals surface area contributed by atoms with Crippen molar-refractivity contribution in [3.8, 4) is 11.3 Å². The highest BCUT2D eigenvalue weighted by molar-refractivity contribution is 7.14. The van der Waals surface area contributed by atoms with Crippen molar-refractivity contribution in [2.75, 3.05) is 5.32 Å². The van der Waals surface area contributed by atoms with E-state index in [9.17, 15) is 9.18 Å². The largest absolute Gasteiger partial charge is 0.465 e. The number of hydrogen-bond donors (Lipinski definition) is 2. The number of carboxylic acid groups (broad SMARTS) is 1. The second kappa shape index (κ2) is 4.64. The standard InChI is InChI=1S/C9H5ClFN3O2S/c10-5-2-12-7(11)1-4(5)6-3-17-8(13-6)14-9(15)16/h1-3H,(H,13,14)(H,15,16). The zero-order chi connectivity index (χ0) is 12.4. The van der Waals surface area contributed by atoms with Gasteiger partial charge < -0.3 is 5.11 Å². The van der Waals surface area contributed by atoms with E-state index in [-0.39, 0.29) is 10.2 Å². The summed E-state index contributed by atoms with van der Waals surface area (Å²) in [4.78, 5) is 17.8. The summed E-state index contributed by atoms with van der Waals surface area (Å²) in [6.07, 6.45) is -0.0338. The van der Waals surface area contributed by atoms with Crippen LogP contribution in [0.25, 0.3) is 11.3 Å². The van der Waals surface area contributed by atoms with Crippen molar-refractivity contribution in [1.29, 1.82) is 0 Å². The van der Waals surface area contributed by atoms with Gasteiger partial charge in [0.1, 0.15) is 0 Å². The topological polar surface area (TPSA) is 75.1 Å². The van der Waals surface area contributed by atoms with Gasteiger partial charge >= 0.3 is 6.09 Å². The van der Waals surface area contributed by atoms with Crippen LogP contribution in [0.2, 0.25) is 5.02 Å². The van der Waals surface area contributed by atoms with Crippen LogP contribution < -0.4 is 5.32 Å². The molecule has 17 heavy (non-hydrogen) atoms. The third-order valence-electron chi connectivity index (χ3n) is 1.82. The normalized spacial score (nSPS) is 10.2. The Hall–Kier alpha value is -1.73. The highest BCUT2D eigenvalue weighted by Gasteiger charge is 2.11. The lowest BCUT2D eigenvalue weighted by Crippen LogP contribution is -2.06. The maximum atomic E-state index is 12.9. The van der Waals surface area contributed by atoms with Crippen LogP contribution >= 0.6 is 22.9 Å². The van der Waals surface area contributed by atoms with E-state index in [4.69, 9.17) is 16.7 Å². The molecule has 2 aromatic rings. The first-order valence-corrected chi connectivity index (χ1v) is 5.59. The Bertz CT molecular complexity index is 575. The highest BCUT2D eigenvalue weighted by atomic mass is 35.5. The van der Waals surface area contributed by atoms with Crippen molar-refractivity contribution in [2.24, 2.45) is 0 Å². The van der Waals surface area contributed by atoms with Crippen LogP contribution in [0.15, 0.2) is 17.6 Å². The number of rotatable bonds is 2. The summed E-state index contributed by atoms with van der Waals surface area (Å²) in [6, 6.07) is 1.14. The molecule has 8 heteroatoms. The molecule has 1 amide bonds. The fourth-order valence-corrected chi connectivity index (χ4v) is 2.06. The lowest BCUT2D eigenvalue weighted by molar-refractivity contribution is 0.209. The van der Waals surface area contributed by atoms with E-state index in [1.54, 1.807) is 5.38 Å². The molecule has 0 aliphatic rings. The van der Waals surface area contributed by atoms with Crippen molar-refractivity contribution < 1.29 is 14.3 Å². The lowest BCUT2D eigenvalue weighted by atomic mass is 10.2. The zero-order valence-electron chi connectivity index (χ0n) is 8.15. The molecule has 0 radical (unpaired) electrons. The molecule has 0 aliphatic carbocycles. The highest BCUT2D eigenvalue weighted by Crippen LogP contribution is 2.30. The van der Waals surface area contributed by atoms with Crippen LogP contribution in [0.1, 0.15) is 0 Å². The quantitative estimate of drug-likeness (QED) is 0.825. The fourth-order valence-electron chi connectivity index (χ4n) is 1.16. The van der Waals surface area contributed by atoms with Crippen molar-refractivity contribution in [3.05, 3.63) is 28.6 Å². The van der Waals surface area contributed by atoms with Crippen molar-refractivity contribution in [3.63, 3.8) is 0 Å². The van der Waals surface area contributed by atoms with Gasteiger partial charge in [-0.25, -0.2) is 14.8 Å². The summed E-state index contributed by atoms with van der Waals surface area (Å²) >= 11 is 6.93. The molecule has 0 unspecified atom stereocenters. The number of hydrogen-bond acceptors (Lipinski definition) is 4. The molecule has 0 aliphatic heterocycles. The van der Waals surface area contributed by atoms with Gasteiger partial charge in [-0.2, -0.15) is 4.39 Å². The maximum absolute atomic E-state index is 12.9. The van der Waals surface area contributed by atoms with E-state index in [1.807, 2.05) is 0 Å². The number of amides is 1. The maximum Gasteiger partial charge on any atom is 0.410 e. The molecule has 0 saturated carbocycles. The van der Waals surface area contributed by atoms with E-state index >= 15 is 0 Å². The van der Waals surface area contributed by atoms with Crippen LogP contribution in [0, 0.1) is 5.95 Å². The molecule has 0 aromatic carbocycles. The summed E-state index contributed by atoms with van der Waals surface area (Å²) in [5.74, 6) is -0.676. The molecule has 5 nitrogen and oxygen atoms in total. The number of carbonyl (C=O) groups is 1. The molecule has 2 rings (SSSR count). The van der Waals surface area contributed by atoms with Gasteiger partial charge in [-0.15, -0.1) is 11.3 Å². The third kappa shape index (κ3) is 2.69. The van der Waals surface area contributed by atoms with Gasteiger partial charge in [0.05, 0.1) is 10.7 Å². The van der Waals surface area contributed by atoms with Crippen LogP contribution in [-0.2, 0) is 0 Å². The SMILES string of the molecule is O=C(O)Nc1nc(-c2cc(F)ncc2Cl)cs1. The first-order chi connectivity index (χ1) is 8.06. The van der Waals surface area contributed by atoms with Crippen LogP contribution in [0.3, 0.4) is 0 Å². The summed E-state index contributed by atoms with van der Waals surface area (Å²) < 4.78 is 12.9. The monoisotopic (exact) mass is 273 g/mol. The van der Waals surface area contributed by atoms with Crippen molar-refractivity contribution >= 4 is 34.2 Å². The molecule has 0 bridgehead atoms. The molecule has 0 spiro atoms. The number of nitrogens with zero attached hydrogens (tertiary/aromatic N) is 2. The number of pyridine rings is 1. The molecule has 0 saturated heterocycles. The third-order valence-corrected chi connectivity index (χ3v) is 2.87. The molecule has 2 aromatic heterocycles. The van der Waals surface area contributed by atoms with E-state index in [2.05, 4.69) is 15.3 Å². The fraction of sp³-hybridized carbons (Fsp3) is 0. The zero-order valence-corrected chi connectivity index (χ0v) is 9.72. The predicted octanol–water partition coefficient (Wildman–Crippen LogP) is 3.09. The molecular weight excluding hydrogens is 269 g/mol. The molecule has 0 atom stereocenters. The second-order valence-corrected chi connectivity index (χ2v) is 4.22. The van der Waals surface area contributed by atoms with Gasteiger partial charge in [0, 0.05) is 23.2 Å². The van der Waals surface area contributed by atoms with Gasteiger partial charge in [-0.05, 0) is 0 Å². The van der Waals surface area contributed by atoms with E-state index in [0.29, 0.717) is 11.3 Å². The Morgan fingerprint density at radius 2 is 2.35 bits per heavy atom.